The van der Waals surface area contributed by atoms with Gasteiger partial charge in [-0.1, -0.05) is 6.07 Å². The van der Waals surface area contributed by atoms with Gasteiger partial charge in [-0.2, -0.15) is 5.26 Å². The Morgan fingerprint density at radius 3 is 2.67 bits per heavy atom. The van der Waals surface area contributed by atoms with Crippen molar-refractivity contribution in [1.29, 1.82) is 5.26 Å². The number of aryl methyl sites for hydroxylation is 2. The Morgan fingerprint density at radius 2 is 1.95 bits per heavy atom. The number of benzene rings is 2. The lowest BCUT2D eigenvalue weighted by Gasteiger charge is -2.33. The first kappa shape index (κ1) is 26.3. The summed E-state index contributed by atoms with van der Waals surface area (Å²) in [4.78, 5) is 32.4. The first-order valence-electron chi connectivity index (χ1n) is 13.4. The van der Waals surface area contributed by atoms with Crippen molar-refractivity contribution < 1.29 is 14.3 Å². The van der Waals surface area contributed by atoms with Crippen molar-refractivity contribution >= 4 is 33.9 Å². The quantitative estimate of drug-likeness (QED) is 0.393. The summed E-state index contributed by atoms with van der Waals surface area (Å²) in [5.74, 6) is 0.720. The highest BCUT2D eigenvalue weighted by molar-refractivity contribution is 5.98. The van der Waals surface area contributed by atoms with Crippen molar-refractivity contribution in [3.8, 4) is 17.6 Å². The summed E-state index contributed by atoms with van der Waals surface area (Å²) < 4.78 is 9.59. The number of nitrogens with one attached hydrogen (secondary N) is 1. The molecule has 9 heteroatoms. The van der Waals surface area contributed by atoms with Crippen LogP contribution in [0.4, 0.5) is 4.79 Å². The van der Waals surface area contributed by atoms with Crippen molar-refractivity contribution in [1.82, 2.24) is 24.3 Å². The zero-order valence-corrected chi connectivity index (χ0v) is 23.1. The molecule has 4 aromatic rings. The normalized spacial score (nSPS) is 15.9. The molecule has 0 saturated carbocycles. The maximum absolute atomic E-state index is 13.5. The van der Waals surface area contributed by atoms with Gasteiger partial charge in [-0.25, -0.2) is 9.78 Å². The number of hydrogen-bond donors (Lipinski definition) is 1. The van der Waals surface area contributed by atoms with Crippen molar-refractivity contribution in [2.45, 2.75) is 58.7 Å². The number of nitriles is 1. The highest BCUT2D eigenvalue weighted by Crippen LogP contribution is 2.31. The van der Waals surface area contributed by atoms with E-state index in [1.807, 2.05) is 68.8 Å². The molecule has 1 unspecified atom stereocenters. The van der Waals surface area contributed by atoms with E-state index in [1.165, 1.54) is 0 Å². The summed E-state index contributed by atoms with van der Waals surface area (Å²) in [6.07, 6.45) is 1.14. The average Bonchev–Trinajstić information content (AvgIpc) is 3.43. The number of rotatable bonds is 4. The summed E-state index contributed by atoms with van der Waals surface area (Å²) in [5, 5.41) is 13.3. The van der Waals surface area contributed by atoms with Crippen LogP contribution in [0.25, 0.3) is 33.5 Å². The molecule has 1 aliphatic heterocycles. The Labute approximate surface area is 228 Å². The Kier molecular flexibility index (Phi) is 6.81. The standard InChI is InChI=1S/C30H34N6O3/c1-6-36-25-14-19(17-31)9-10-20(25)16-26(36)27-33-23-15-21(11-12-24(23)34(27)5)28(37)35-13-7-8-22(18-35)32-29(38)39-30(2,3)4/h9-12,14-16,22H,6-8,13,18H2,1-5H3,(H,32,38). The van der Waals surface area contributed by atoms with E-state index in [1.54, 1.807) is 4.90 Å². The van der Waals surface area contributed by atoms with Crippen molar-refractivity contribution in [3.05, 3.63) is 53.6 Å². The van der Waals surface area contributed by atoms with E-state index < -0.39 is 11.7 Å². The molecule has 1 fully saturated rings. The van der Waals surface area contributed by atoms with Gasteiger partial charge in [0, 0.05) is 49.2 Å². The Hall–Kier alpha value is -4.32. The second-order valence-electron chi connectivity index (χ2n) is 11.1. The van der Waals surface area contributed by atoms with Crippen LogP contribution in [0.2, 0.25) is 0 Å². The number of likely N-dealkylation sites (tertiary alicyclic amines) is 1. The van der Waals surface area contributed by atoms with Crippen LogP contribution in [0, 0.1) is 11.3 Å². The Morgan fingerprint density at radius 1 is 1.15 bits per heavy atom. The topological polar surface area (TPSA) is 105 Å². The summed E-state index contributed by atoms with van der Waals surface area (Å²) in [5.41, 5.74) is 4.24. The van der Waals surface area contributed by atoms with Crippen LogP contribution in [0.1, 0.15) is 56.5 Å². The van der Waals surface area contributed by atoms with Crippen LogP contribution in [-0.2, 0) is 18.3 Å². The molecule has 3 heterocycles. The van der Waals surface area contributed by atoms with E-state index in [0.717, 1.165) is 52.8 Å². The maximum Gasteiger partial charge on any atom is 0.407 e. The summed E-state index contributed by atoms with van der Waals surface area (Å²) >= 11 is 0. The van der Waals surface area contributed by atoms with E-state index in [-0.39, 0.29) is 11.9 Å². The molecule has 2 amide bonds. The van der Waals surface area contributed by atoms with Crippen molar-refractivity contribution in [3.63, 3.8) is 0 Å². The molecular weight excluding hydrogens is 492 g/mol. The second-order valence-corrected chi connectivity index (χ2v) is 11.1. The van der Waals surface area contributed by atoms with Gasteiger partial charge in [-0.3, -0.25) is 4.79 Å². The van der Waals surface area contributed by atoms with Gasteiger partial charge in [0.1, 0.15) is 5.60 Å². The lowest BCUT2D eigenvalue weighted by Crippen LogP contribution is -2.50. The number of ether oxygens (including phenoxy) is 1. The van der Waals surface area contributed by atoms with Gasteiger partial charge in [-0.15, -0.1) is 0 Å². The summed E-state index contributed by atoms with van der Waals surface area (Å²) in [6, 6.07) is 15.5. The van der Waals surface area contributed by atoms with Crippen LogP contribution in [0.5, 0.6) is 0 Å². The van der Waals surface area contributed by atoms with Gasteiger partial charge in [0.25, 0.3) is 5.91 Å². The molecule has 5 rings (SSSR count). The SMILES string of the molecule is CCn1c(-c2nc3cc(C(=O)N4CCCC(NC(=O)OC(C)(C)C)C4)ccc3n2C)cc2ccc(C#N)cc21. The molecule has 0 radical (unpaired) electrons. The van der Waals surface area contributed by atoms with Crippen molar-refractivity contribution in [2.75, 3.05) is 13.1 Å². The third-order valence-electron chi connectivity index (χ3n) is 7.14. The van der Waals surface area contributed by atoms with Gasteiger partial charge in [0.05, 0.1) is 28.4 Å². The van der Waals surface area contributed by atoms with Crippen LogP contribution < -0.4 is 5.32 Å². The van der Waals surface area contributed by atoms with E-state index in [9.17, 15) is 14.9 Å². The number of hydrogen-bond acceptors (Lipinski definition) is 5. The molecule has 202 valence electrons. The lowest BCUT2D eigenvalue weighted by molar-refractivity contribution is 0.0452. The molecule has 2 aromatic carbocycles. The zero-order chi connectivity index (χ0) is 27.9. The predicted molar refractivity (Wildman–Crippen MR) is 150 cm³/mol. The number of fused-ring (bicyclic) bond motifs is 2. The summed E-state index contributed by atoms with van der Waals surface area (Å²) in [7, 11) is 1.97. The molecule has 0 spiro atoms. The van der Waals surface area contributed by atoms with Crippen LogP contribution in [-0.4, -0.2) is 55.8 Å². The molecule has 0 aliphatic carbocycles. The minimum absolute atomic E-state index is 0.0773. The number of carbonyl (C=O) groups is 2. The molecule has 1 aliphatic rings. The zero-order valence-electron chi connectivity index (χ0n) is 23.1. The third-order valence-corrected chi connectivity index (χ3v) is 7.14. The Balaban J connectivity index is 1.41. The number of nitrogens with zero attached hydrogens (tertiary/aromatic N) is 5. The second kappa shape index (κ2) is 10.1. The number of imidazole rings is 1. The molecule has 2 aromatic heterocycles. The minimum Gasteiger partial charge on any atom is -0.444 e. The predicted octanol–water partition coefficient (Wildman–Crippen LogP) is 5.22. The first-order valence-corrected chi connectivity index (χ1v) is 13.4. The number of amides is 2. The monoisotopic (exact) mass is 526 g/mol. The highest BCUT2D eigenvalue weighted by Gasteiger charge is 2.28. The first-order chi connectivity index (χ1) is 18.6. The molecule has 1 N–H and O–H groups in total. The van der Waals surface area contributed by atoms with Crippen LogP contribution in [0.15, 0.2) is 42.5 Å². The average molecular weight is 527 g/mol. The molecule has 39 heavy (non-hydrogen) atoms. The van der Waals surface area contributed by atoms with E-state index in [4.69, 9.17) is 9.72 Å². The molecule has 0 bridgehead atoms. The van der Waals surface area contributed by atoms with Gasteiger partial charge in [0.15, 0.2) is 5.82 Å². The third kappa shape index (κ3) is 5.19. The molecule has 1 saturated heterocycles. The molecule has 1 atom stereocenters. The van der Waals surface area contributed by atoms with Crippen LogP contribution >= 0.6 is 0 Å². The Bertz CT molecular complexity index is 1620. The van der Waals surface area contributed by atoms with Gasteiger partial charge < -0.3 is 24.1 Å². The fourth-order valence-electron chi connectivity index (χ4n) is 5.35. The number of carbonyl (C=O) groups excluding carboxylic acids is 2. The smallest absolute Gasteiger partial charge is 0.407 e. The molecular formula is C30H34N6O3. The van der Waals surface area contributed by atoms with E-state index in [0.29, 0.717) is 24.2 Å². The fourth-order valence-corrected chi connectivity index (χ4v) is 5.35. The molecule has 9 nitrogen and oxygen atoms in total. The summed E-state index contributed by atoms with van der Waals surface area (Å²) in [6.45, 7) is 9.36. The number of aromatic nitrogens is 3. The lowest BCUT2D eigenvalue weighted by atomic mass is 10.0. The van der Waals surface area contributed by atoms with E-state index in [2.05, 4.69) is 28.9 Å². The fraction of sp³-hybridized carbons (Fsp3) is 0.400. The van der Waals surface area contributed by atoms with Gasteiger partial charge >= 0.3 is 6.09 Å². The maximum atomic E-state index is 13.5. The van der Waals surface area contributed by atoms with Crippen LogP contribution in [0.3, 0.4) is 0 Å². The largest absolute Gasteiger partial charge is 0.444 e. The highest BCUT2D eigenvalue weighted by atomic mass is 16.6. The van der Waals surface area contributed by atoms with Gasteiger partial charge in [-0.05, 0) is 76.9 Å². The van der Waals surface area contributed by atoms with Crippen molar-refractivity contribution in [2.24, 2.45) is 7.05 Å². The number of alkyl carbamates (subject to hydrolysis) is 1. The number of piperidine rings is 1. The minimum atomic E-state index is -0.573. The van der Waals surface area contributed by atoms with E-state index >= 15 is 0 Å². The van der Waals surface area contributed by atoms with Gasteiger partial charge in [0.2, 0.25) is 0 Å².